The summed E-state index contributed by atoms with van der Waals surface area (Å²) in [6.07, 6.45) is 1.81. The smallest absolute Gasteiger partial charge is 0.251 e. The zero-order valence-corrected chi connectivity index (χ0v) is 27.9. The molecule has 0 saturated carbocycles. The van der Waals surface area contributed by atoms with E-state index < -0.39 is 24.0 Å². The summed E-state index contributed by atoms with van der Waals surface area (Å²) in [4.78, 5) is 45.2. The van der Waals surface area contributed by atoms with Crippen molar-refractivity contribution in [1.29, 1.82) is 0 Å². The van der Waals surface area contributed by atoms with Crippen LogP contribution in [0.25, 0.3) is 10.1 Å². The number of nitrogens with one attached hydrogen (secondary N) is 2. The number of hydrogen-bond donors (Lipinski definition) is 2. The van der Waals surface area contributed by atoms with Gasteiger partial charge >= 0.3 is 0 Å². The van der Waals surface area contributed by atoms with Crippen LogP contribution >= 0.6 is 11.3 Å². The van der Waals surface area contributed by atoms with Gasteiger partial charge < -0.3 is 20.3 Å². The van der Waals surface area contributed by atoms with E-state index >= 15 is 0 Å². The highest BCUT2D eigenvalue weighted by atomic mass is 32.1. The van der Waals surface area contributed by atoms with Crippen molar-refractivity contribution in [2.24, 2.45) is 11.8 Å². The third-order valence-electron chi connectivity index (χ3n) is 9.41. The number of nitrogens with zero attached hydrogens (tertiary/aromatic N) is 1. The second-order valence-electron chi connectivity index (χ2n) is 13.2. The molecule has 7 rings (SSSR count). The number of hydrogen-bond acceptors (Lipinski definition) is 5. The molecule has 1 aromatic heterocycles. The third-order valence-corrected chi connectivity index (χ3v) is 10.3. The fourth-order valence-electron chi connectivity index (χ4n) is 7.10. The van der Waals surface area contributed by atoms with Crippen molar-refractivity contribution in [3.05, 3.63) is 131 Å². The maximum Gasteiger partial charge on any atom is 0.251 e. The van der Waals surface area contributed by atoms with Gasteiger partial charge in [0.25, 0.3) is 5.91 Å². The molecule has 244 valence electrons. The third kappa shape index (κ3) is 6.45. The molecule has 1 aliphatic heterocycles. The zero-order valence-electron chi connectivity index (χ0n) is 27.1. The summed E-state index contributed by atoms with van der Waals surface area (Å²) in [5, 5.41) is 9.21. The summed E-state index contributed by atoms with van der Waals surface area (Å²) in [7, 11) is 0. The number of thiophene rings is 1. The Morgan fingerprint density at radius 3 is 2.38 bits per heavy atom. The molecule has 3 atom stereocenters. The Labute approximate surface area is 284 Å². The molecule has 3 amide bonds. The molecule has 1 saturated heterocycles. The van der Waals surface area contributed by atoms with Gasteiger partial charge in [-0.05, 0) is 94.5 Å². The first-order chi connectivity index (χ1) is 23.4. The Hall–Kier alpha value is -4.95. The highest BCUT2D eigenvalue weighted by Crippen LogP contribution is 2.37. The number of rotatable bonds is 10. The molecule has 2 N–H and O–H groups in total. The summed E-state index contributed by atoms with van der Waals surface area (Å²) in [5.74, 6) is -0.312. The molecule has 1 fully saturated rings. The van der Waals surface area contributed by atoms with E-state index in [9.17, 15) is 14.4 Å². The van der Waals surface area contributed by atoms with Crippen molar-refractivity contribution in [3.8, 4) is 5.75 Å². The minimum absolute atomic E-state index is 0.100. The number of amides is 3. The van der Waals surface area contributed by atoms with Gasteiger partial charge in [-0.25, -0.2) is 0 Å². The molecule has 4 aromatic carbocycles. The van der Waals surface area contributed by atoms with Crippen LogP contribution < -0.4 is 15.4 Å². The van der Waals surface area contributed by atoms with Crippen molar-refractivity contribution in [1.82, 2.24) is 10.2 Å². The first kappa shape index (κ1) is 31.6. The van der Waals surface area contributed by atoms with Crippen LogP contribution in [0.1, 0.15) is 48.6 Å². The van der Waals surface area contributed by atoms with E-state index in [0.717, 1.165) is 15.6 Å². The molecule has 1 aliphatic carbocycles. The molecular weight excluding hydrogens is 619 g/mol. The van der Waals surface area contributed by atoms with Crippen LogP contribution in [-0.4, -0.2) is 34.7 Å². The fourth-order valence-corrected chi connectivity index (χ4v) is 7.87. The van der Waals surface area contributed by atoms with Gasteiger partial charge in [-0.2, -0.15) is 0 Å². The van der Waals surface area contributed by atoms with Gasteiger partial charge in [-0.15, -0.1) is 11.3 Å². The number of benzene rings is 4. The van der Waals surface area contributed by atoms with Gasteiger partial charge in [0.05, 0.1) is 5.69 Å². The summed E-state index contributed by atoms with van der Waals surface area (Å²) in [6.45, 7) is 4.39. The minimum atomic E-state index is -1.05. The molecule has 0 unspecified atom stereocenters. The molecule has 0 radical (unpaired) electrons. The number of anilines is 1. The van der Waals surface area contributed by atoms with Crippen molar-refractivity contribution in [3.63, 3.8) is 0 Å². The van der Waals surface area contributed by atoms with Crippen LogP contribution in [0, 0.1) is 11.8 Å². The first-order valence-electron chi connectivity index (χ1n) is 16.6. The largest absolute Gasteiger partial charge is 0.487 e. The predicted molar refractivity (Wildman–Crippen MR) is 190 cm³/mol. The lowest BCUT2D eigenvalue weighted by atomic mass is 9.87. The lowest BCUT2D eigenvalue weighted by molar-refractivity contribution is -0.157. The van der Waals surface area contributed by atoms with Gasteiger partial charge in [-0.1, -0.05) is 86.6 Å². The molecule has 0 spiro atoms. The van der Waals surface area contributed by atoms with E-state index in [0.29, 0.717) is 42.9 Å². The molecule has 2 aliphatic rings. The number of carbonyl (C=O) groups excluding carboxylic acids is 3. The van der Waals surface area contributed by atoms with E-state index in [1.165, 1.54) is 11.1 Å². The van der Waals surface area contributed by atoms with Crippen LogP contribution in [0.5, 0.6) is 5.75 Å². The van der Waals surface area contributed by atoms with E-state index in [-0.39, 0.29) is 23.7 Å². The van der Waals surface area contributed by atoms with Gasteiger partial charge in [0, 0.05) is 4.70 Å². The van der Waals surface area contributed by atoms with Crippen LogP contribution in [0.15, 0.2) is 109 Å². The number of para-hydroxylation sites is 2. The molecule has 48 heavy (non-hydrogen) atoms. The summed E-state index contributed by atoms with van der Waals surface area (Å²) in [6, 6.07) is 30.6. The van der Waals surface area contributed by atoms with Crippen molar-refractivity contribution >= 4 is 44.8 Å². The Morgan fingerprint density at radius 2 is 1.62 bits per heavy atom. The quantitative estimate of drug-likeness (QED) is 0.165. The molecular formula is C40H39N3O4S. The molecule has 5 aromatic rings. The lowest BCUT2D eigenvalue weighted by Crippen LogP contribution is -2.67. The Bertz CT molecular complexity index is 1930. The van der Waals surface area contributed by atoms with Crippen molar-refractivity contribution in [2.45, 2.75) is 57.8 Å². The van der Waals surface area contributed by atoms with Gasteiger partial charge in [-0.3, -0.25) is 14.4 Å². The number of fused-ring (bicyclic) bond motifs is 2. The van der Waals surface area contributed by atoms with Crippen LogP contribution in [0.2, 0.25) is 0 Å². The molecule has 7 nitrogen and oxygen atoms in total. The standard InChI is InChI=1S/C40H39N3O4S/c1-25(2)20-33-38(44)42-36(31-21-27-12-6-7-13-28(27)22-31)40(46)43(33)37(30-16-17-35-29(23-30)18-19-48-35)39(45)41-32-14-8-9-15-34(32)47-24-26-10-4-3-5-11-26/h3-19,23,25,31,33,36-37H,20-22,24H2,1-2H3,(H,41,45)(H,42,44)/t33-,36-,37+/m1/s1. The second kappa shape index (κ2) is 13.6. The topological polar surface area (TPSA) is 87.7 Å². The summed E-state index contributed by atoms with van der Waals surface area (Å²) >= 11 is 1.62. The average Bonchev–Trinajstić information content (AvgIpc) is 3.74. The minimum Gasteiger partial charge on any atom is -0.487 e. The maximum absolute atomic E-state index is 14.8. The zero-order chi connectivity index (χ0) is 33.2. The second-order valence-corrected chi connectivity index (χ2v) is 14.1. The van der Waals surface area contributed by atoms with Crippen molar-refractivity contribution in [2.75, 3.05) is 5.32 Å². The first-order valence-corrected chi connectivity index (χ1v) is 17.5. The van der Waals surface area contributed by atoms with Gasteiger partial charge in [0.1, 0.15) is 30.5 Å². The predicted octanol–water partition coefficient (Wildman–Crippen LogP) is 7.32. The lowest BCUT2D eigenvalue weighted by Gasteiger charge is -2.44. The maximum atomic E-state index is 14.8. The summed E-state index contributed by atoms with van der Waals surface area (Å²) < 4.78 is 7.26. The number of piperazine rings is 1. The van der Waals surface area contributed by atoms with Crippen LogP contribution in [-0.2, 0) is 33.8 Å². The van der Waals surface area contributed by atoms with E-state index in [1.807, 2.05) is 104 Å². The van der Waals surface area contributed by atoms with E-state index in [1.54, 1.807) is 22.3 Å². The highest BCUT2D eigenvalue weighted by Gasteiger charge is 2.49. The average molecular weight is 658 g/mol. The molecule has 0 bridgehead atoms. The number of carbonyl (C=O) groups is 3. The van der Waals surface area contributed by atoms with Crippen LogP contribution in [0.4, 0.5) is 5.69 Å². The normalized spacial score (nSPS) is 18.5. The SMILES string of the molecule is CC(C)C[C@@H]1C(=O)N[C@H](C2Cc3ccccc3C2)C(=O)N1[C@H](C(=O)Nc1ccccc1OCc1ccccc1)c1ccc2sccc2c1. The molecule has 2 heterocycles. The Balaban J connectivity index is 1.26. The monoisotopic (exact) mass is 657 g/mol. The number of ether oxygens (including phenoxy) is 1. The molecule has 8 heteroatoms. The van der Waals surface area contributed by atoms with Crippen molar-refractivity contribution < 1.29 is 19.1 Å². The van der Waals surface area contributed by atoms with Gasteiger partial charge in [0.2, 0.25) is 11.8 Å². The fraction of sp³-hybridized carbons (Fsp3) is 0.275. The van der Waals surface area contributed by atoms with Gasteiger partial charge in [0.15, 0.2) is 0 Å². The van der Waals surface area contributed by atoms with Crippen LogP contribution in [0.3, 0.4) is 0 Å². The Morgan fingerprint density at radius 1 is 0.917 bits per heavy atom. The van der Waals surface area contributed by atoms with E-state index in [4.69, 9.17) is 4.74 Å². The summed E-state index contributed by atoms with van der Waals surface area (Å²) in [5.41, 5.74) is 4.56. The highest BCUT2D eigenvalue weighted by molar-refractivity contribution is 7.17. The Kier molecular flexibility index (Phi) is 9.00. The van der Waals surface area contributed by atoms with E-state index in [2.05, 4.69) is 22.8 Å².